The predicted molar refractivity (Wildman–Crippen MR) is 175 cm³/mol. The second-order valence-electron chi connectivity index (χ2n) is 10.9. The molecule has 1 heterocycles. The van der Waals surface area contributed by atoms with Crippen LogP contribution in [0, 0.1) is 10.1 Å². The zero-order valence-electron chi connectivity index (χ0n) is 24.6. The van der Waals surface area contributed by atoms with E-state index < -0.39 is 16.6 Å². The first-order valence-electron chi connectivity index (χ1n) is 15.0. The molecule has 1 aromatic heterocycles. The van der Waals surface area contributed by atoms with Crippen LogP contribution in [0.2, 0.25) is 0 Å². The van der Waals surface area contributed by atoms with E-state index in [1.54, 1.807) is 12.1 Å². The fourth-order valence-electron chi connectivity index (χ4n) is 5.65. The fourth-order valence-corrected chi connectivity index (χ4v) is 7.01. The summed E-state index contributed by atoms with van der Waals surface area (Å²) in [6, 6.07) is 26.8. The number of fused-ring (bicyclic) bond motifs is 3. The number of carbonyl (C=O) groups is 2. The van der Waals surface area contributed by atoms with Crippen molar-refractivity contribution in [1.82, 2.24) is 5.32 Å². The lowest BCUT2D eigenvalue weighted by Gasteiger charge is -2.12. The summed E-state index contributed by atoms with van der Waals surface area (Å²) in [6.07, 6.45) is 5.22. The highest BCUT2D eigenvalue weighted by Crippen LogP contribution is 2.41. The maximum atomic E-state index is 13.1. The van der Waals surface area contributed by atoms with Crippen LogP contribution in [0.5, 0.6) is 11.5 Å². The number of thiophene rings is 1. The van der Waals surface area contributed by atoms with E-state index in [4.69, 9.17) is 9.47 Å². The van der Waals surface area contributed by atoms with Crippen molar-refractivity contribution >= 4 is 38.8 Å². The molecule has 0 spiro atoms. The second kappa shape index (κ2) is 13.7. The van der Waals surface area contributed by atoms with E-state index in [9.17, 15) is 19.7 Å². The molecule has 0 fully saturated rings. The summed E-state index contributed by atoms with van der Waals surface area (Å²) in [5.74, 6) is 0.0819. The lowest BCUT2D eigenvalue weighted by atomic mass is 9.96. The maximum absolute atomic E-state index is 13.1. The molecule has 9 heteroatoms. The molecular weight excluding hydrogens is 588 g/mol. The quantitative estimate of drug-likeness (QED) is 0.0879. The van der Waals surface area contributed by atoms with Gasteiger partial charge in [0.2, 0.25) is 0 Å². The zero-order chi connectivity index (χ0) is 31.2. The number of nitro benzene ring substituents is 1. The van der Waals surface area contributed by atoms with Gasteiger partial charge in [-0.3, -0.25) is 19.7 Å². The summed E-state index contributed by atoms with van der Waals surface area (Å²) in [4.78, 5) is 38.7. The minimum atomic E-state index is -0.582. The Morgan fingerprint density at radius 2 is 1.67 bits per heavy atom. The number of hydrogen-bond acceptors (Lipinski definition) is 7. The van der Waals surface area contributed by atoms with Gasteiger partial charge in [0.05, 0.1) is 22.8 Å². The van der Waals surface area contributed by atoms with Gasteiger partial charge in [0, 0.05) is 28.5 Å². The molecule has 0 saturated heterocycles. The van der Waals surface area contributed by atoms with E-state index in [0.717, 1.165) is 29.7 Å². The number of amides is 1. The van der Waals surface area contributed by atoms with E-state index in [-0.39, 0.29) is 30.2 Å². The topological polar surface area (TPSA) is 108 Å². The summed E-state index contributed by atoms with van der Waals surface area (Å²) in [5, 5.41) is 15.7. The number of nitro groups is 1. The Kier molecular flexibility index (Phi) is 9.17. The van der Waals surface area contributed by atoms with E-state index in [0.29, 0.717) is 18.6 Å². The number of rotatable bonds is 12. The summed E-state index contributed by atoms with van der Waals surface area (Å²) >= 11 is 1.83. The highest BCUT2D eigenvalue weighted by Gasteiger charge is 2.21. The van der Waals surface area contributed by atoms with Crippen molar-refractivity contribution < 1.29 is 24.0 Å². The summed E-state index contributed by atoms with van der Waals surface area (Å²) in [6.45, 7) is 0.240. The van der Waals surface area contributed by atoms with Gasteiger partial charge in [-0.05, 0) is 72.0 Å². The largest absolute Gasteiger partial charge is 0.492 e. The molecule has 1 N–H and O–H groups in total. The molecule has 45 heavy (non-hydrogen) atoms. The molecule has 1 aliphatic rings. The SMILES string of the molecule is O=C(CNC(=O)c1ccccc1CCOc1cccc2c3c(sc12)CCCC3)c1ccc(OCc2ccccc2)c([N+](=O)[O-])c1. The molecule has 0 saturated carbocycles. The third-order valence-electron chi connectivity index (χ3n) is 7.96. The molecule has 8 nitrogen and oxygen atoms in total. The number of nitrogens with one attached hydrogen (secondary N) is 1. The number of aryl methyl sites for hydroxylation is 2. The summed E-state index contributed by atoms with van der Waals surface area (Å²) < 4.78 is 13.1. The van der Waals surface area contributed by atoms with Crippen molar-refractivity contribution in [2.45, 2.75) is 38.7 Å². The van der Waals surface area contributed by atoms with Crippen LogP contribution >= 0.6 is 11.3 Å². The molecule has 1 amide bonds. The number of hydrogen-bond donors (Lipinski definition) is 1. The minimum absolute atomic E-state index is 0.0653. The molecule has 1 aliphatic carbocycles. The number of nitrogens with zero attached hydrogens (tertiary/aromatic N) is 1. The van der Waals surface area contributed by atoms with E-state index in [1.165, 1.54) is 51.6 Å². The number of Topliss-reactive ketones (excluding diaryl/α,β-unsaturated/α-hetero) is 1. The fraction of sp³-hybridized carbons (Fsp3) is 0.222. The molecule has 5 aromatic rings. The molecule has 6 rings (SSSR count). The number of ether oxygens (including phenoxy) is 2. The third kappa shape index (κ3) is 6.89. The van der Waals surface area contributed by atoms with Gasteiger partial charge in [0.1, 0.15) is 12.4 Å². The molecule has 228 valence electrons. The van der Waals surface area contributed by atoms with Crippen molar-refractivity contribution in [2.24, 2.45) is 0 Å². The lowest BCUT2D eigenvalue weighted by molar-refractivity contribution is -0.386. The monoisotopic (exact) mass is 620 g/mol. The normalized spacial score (nSPS) is 12.4. The minimum Gasteiger partial charge on any atom is -0.492 e. The van der Waals surface area contributed by atoms with Crippen molar-refractivity contribution in [3.63, 3.8) is 0 Å². The van der Waals surface area contributed by atoms with Crippen LogP contribution in [0.1, 0.15) is 55.1 Å². The number of carbonyl (C=O) groups excluding carboxylic acids is 2. The van der Waals surface area contributed by atoms with Gasteiger partial charge in [-0.2, -0.15) is 0 Å². The molecule has 0 unspecified atom stereocenters. The first-order valence-corrected chi connectivity index (χ1v) is 15.8. The van der Waals surface area contributed by atoms with Gasteiger partial charge in [-0.25, -0.2) is 0 Å². The molecule has 0 bridgehead atoms. The van der Waals surface area contributed by atoms with Gasteiger partial charge < -0.3 is 14.8 Å². The van der Waals surface area contributed by atoms with Crippen molar-refractivity contribution in [1.29, 1.82) is 0 Å². The van der Waals surface area contributed by atoms with Gasteiger partial charge in [0.25, 0.3) is 5.91 Å². The highest BCUT2D eigenvalue weighted by molar-refractivity contribution is 7.19. The van der Waals surface area contributed by atoms with Crippen LogP contribution in [0.4, 0.5) is 5.69 Å². The third-order valence-corrected chi connectivity index (χ3v) is 9.28. The van der Waals surface area contributed by atoms with Gasteiger partial charge in [-0.1, -0.05) is 60.7 Å². The number of ketones is 1. The Hall–Kier alpha value is -5.02. The van der Waals surface area contributed by atoms with Crippen LogP contribution in [-0.4, -0.2) is 29.8 Å². The predicted octanol–water partition coefficient (Wildman–Crippen LogP) is 7.50. The van der Waals surface area contributed by atoms with Crippen molar-refractivity contribution in [2.75, 3.05) is 13.2 Å². The lowest BCUT2D eigenvalue weighted by Crippen LogP contribution is -2.30. The standard InChI is InChI=1S/C36H32N2O6S/c39-31(26-17-18-32(30(21-26)38(41)42)44-23-24-9-2-1-3-10-24)22-37-36(40)27-12-5-4-11-25(27)19-20-43-33-15-8-14-29-28-13-6-7-16-34(28)45-35(29)33/h1-5,8-12,14-15,17-18,21H,6-7,13,16,19-20,22-23H2,(H,37,40). The van der Waals surface area contributed by atoms with Gasteiger partial charge >= 0.3 is 5.69 Å². The van der Waals surface area contributed by atoms with Gasteiger partial charge in [-0.15, -0.1) is 11.3 Å². The molecule has 4 aromatic carbocycles. The van der Waals surface area contributed by atoms with Crippen LogP contribution < -0.4 is 14.8 Å². The summed E-state index contributed by atoms with van der Waals surface area (Å²) in [7, 11) is 0. The molecule has 0 atom stereocenters. The summed E-state index contributed by atoms with van der Waals surface area (Å²) in [5.41, 5.74) is 3.38. The van der Waals surface area contributed by atoms with Crippen LogP contribution in [0.25, 0.3) is 10.1 Å². The van der Waals surface area contributed by atoms with Crippen LogP contribution in [0.3, 0.4) is 0 Å². The molecule has 0 radical (unpaired) electrons. The highest BCUT2D eigenvalue weighted by atomic mass is 32.1. The Bertz CT molecular complexity index is 1870. The Morgan fingerprint density at radius 3 is 2.51 bits per heavy atom. The Labute approximate surface area is 264 Å². The van der Waals surface area contributed by atoms with Crippen molar-refractivity contribution in [3.05, 3.63) is 134 Å². The Balaban J connectivity index is 1.07. The van der Waals surface area contributed by atoms with Crippen molar-refractivity contribution in [3.8, 4) is 11.5 Å². The second-order valence-corrected chi connectivity index (χ2v) is 12.0. The van der Waals surface area contributed by atoms with Crippen LogP contribution in [-0.2, 0) is 25.9 Å². The Morgan fingerprint density at radius 1 is 0.867 bits per heavy atom. The van der Waals surface area contributed by atoms with Gasteiger partial charge in [0.15, 0.2) is 11.5 Å². The maximum Gasteiger partial charge on any atom is 0.311 e. The van der Waals surface area contributed by atoms with E-state index in [1.807, 2.05) is 65.9 Å². The first kappa shape index (κ1) is 30.0. The smallest absolute Gasteiger partial charge is 0.311 e. The zero-order valence-corrected chi connectivity index (χ0v) is 25.4. The van der Waals surface area contributed by atoms with E-state index in [2.05, 4.69) is 11.4 Å². The van der Waals surface area contributed by atoms with E-state index >= 15 is 0 Å². The molecule has 0 aliphatic heterocycles. The van der Waals surface area contributed by atoms with Crippen LogP contribution in [0.15, 0.2) is 91.0 Å². The average Bonchev–Trinajstić information content (AvgIpc) is 3.46. The first-order chi connectivity index (χ1) is 22.0. The average molecular weight is 621 g/mol. The number of benzene rings is 4. The molecular formula is C36H32N2O6S.